The first-order valence-corrected chi connectivity index (χ1v) is 7.31. The Kier molecular flexibility index (Phi) is 4.96. The molecule has 0 unspecified atom stereocenters. The molecule has 0 bridgehead atoms. The molecule has 1 amide bonds. The van der Waals surface area contributed by atoms with Gasteiger partial charge in [0.1, 0.15) is 0 Å². The van der Waals surface area contributed by atoms with Crippen LogP contribution in [-0.2, 0) is 4.79 Å². The van der Waals surface area contributed by atoms with Gasteiger partial charge in [0.25, 0.3) is 0 Å². The van der Waals surface area contributed by atoms with E-state index in [1.165, 1.54) is 0 Å². The predicted molar refractivity (Wildman–Crippen MR) is 80.0 cm³/mol. The standard InChI is InChI=1S/C13H15Cl3N2O/c14-8-5-10(15)12(11(16)6-8)18-13(19)7-1-3-9(17)4-2-7/h5-7,9H,1-4,17H2,(H,18,19). The predicted octanol–water partition coefficient (Wildman–Crippen LogP) is 4.10. The summed E-state index contributed by atoms with van der Waals surface area (Å²) in [5.41, 5.74) is 6.25. The Hall–Kier alpha value is -0.480. The second-order valence-electron chi connectivity index (χ2n) is 4.85. The Morgan fingerprint density at radius 1 is 1.11 bits per heavy atom. The van der Waals surface area contributed by atoms with Crippen LogP contribution >= 0.6 is 34.8 Å². The Balaban J connectivity index is 2.07. The molecule has 0 saturated heterocycles. The van der Waals surface area contributed by atoms with Crippen molar-refractivity contribution in [3.8, 4) is 0 Å². The molecule has 3 nitrogen and oxygen atoms in total. The maximum atomic E-state index is 12.2. The van der Waals surface area contributed by atoms with Crippen LogP contribution in [0.1, 0.15) is 25.7 Å². The van der Waals surface area contributed by atoms with Gasteiger partial charge in [0.2, 0.25) is 5.91 Å². The van der Waals surface area contributed by atoms with E-state index in [1.807, 2.05) is 0 Å². The van der Waals surface area contributed by atoms with Crippen LogP contribution in [0.3, 0.4) is 0 Å². The minimum atomic E-state index is -0.0574. The van der Waals surface area contributed by atoms with Gasteiger partial charge in [-0.1, -0.05) is 34.8 Å². The lowest BCUT2D eigenvalue weighted by Crippen LogP contribution is -2.32. The van der Waals surface area contributed by atoms with E-state index in [2.05, 4.69) is 5.32 Å². The minimum Gasteiger partial charge on any atom is -0.328 e. The van der Waals surface area contributed by atoms with Crippen LogP contribution in [0.25, 0.3) is 0 Å². The van der Waals surface area contributed by atoms with Crippen LogP contribution < -0.4 is 11.1 Å². The van der Waals surface area contributed by atoms with Gasteiger partial charge in [0, 0.05) is 17.0 Å². The molecule has 6 heteroatoms. The largest absolute Gasteiger partial charge is 0.328 e. The summed E-state index contributed by atoms with van der Waals surface area (Å²) in [5.74, 6) is -0.0827. The minimum absolute atomic E-state index is 0.0254. The smallest absolute Gasteiger partial charge is 0.227 e. The zero-order valence-electron chi connectivity index (χ0n) is 10.3. The maximum Gasteiger partial charge on any atom is 0.227 e. The van der Waals surface area contributed by atoms with Gasteiger partial charge in [-0.25, -0.2) is 0 Å². The normalized spacial score (nSPS) is 23.2. The van der Waals surface area contributed by atoms with E-state index in [0.29, 0.717) is 20.8 Å². The Labute approximate surface area is 127 Å². The van der Waals surface area contributed by atoms with Crippen LogP contribution in [0.5, 0.6) is 0 Å². The highest BCUT2D eigenvalue weighted by atomic mass is 35.5. The fourth-order valence-corrected chi connectivity index (χ4v) is 3.18. The number of carbonyl (C=O) groups excluding carboxylic acids is 1. The number of rotatable bonds is 2. The SMILES string of the molecule is NC1CCC(C(=O)Nc2c(Cl)cc(Cl)cc2Cl)CC1. The molecule has 0 radical (unpaired) electrons. The molecule has 19 heavy (non-hydrogen) atoms. The Morgan fingerprint density at radius 3 is 2.16 bits per heavy atom. The van der Waals surface area contributed by atoms with Crippen molar-refractivity contribution in [1.29, 1.82) is 0 Å². The van der Waals surface area contributed by atoms with Crippen molar-refractivity contribution < 1.29 is 4.79 Å². The van der Waals surface area contributed by atoms with Crippen LogP contribution in [0.4, 0.5) is 5.69 Å². The lowest BCUT2D eigenvalue weighted by molar-refractivity contribution is -0.120. The van der Waals surface area contributed by atoms with E-state index in [1.54, 1.807) is 12.1 Å². The second-order valence-corrected chi connectivity index (χ2v) is 6.10. The summed E-state index contributed by atoms with van der Waals surface area (Å²) in [6.45, 7) is 0. The number of carbonyl (C=O) groups is 1. The molecule has 0 aliphatic heterocycles. The molecule has 2 rings (SSSR count). The van der Waals surface area contributed by atoms with E-state index in [4.69, 9.17) is 40.5 Å². The van der Waals surface area contributed by atoms with Crippen molar-refractivity contribution in [2.45, 2.75) is 31.7 Å². The average Bonchev–Trinajstić information content (AvgIpc) is 2.34. The molecule has 1 aliphatic rings. The first-order chi connectivity index (χ1) is 8.97. The Bertz CT molecular complexity index is 462. The fraction of sp³-hybridized carbons (Fsp3) is 0.462. The third kappa shape index (κ3) is 3.76. The van der Waals surface area contributed by atoms with Gasteiger partial charge < -0.3 is 11.1 Å². The van der Waals surface area contributed by atoms with Crippen LogP contribution in [0, 0.1) is 5.92 Å². The van der Waals surface area contributed by atoms with E-state index in [-0.39, 0.29) is 17.9 Å². The molecular formula is C13H15Cl3N2O. The molecule has 0 aromatic heterocycles. The summed E-state index contributed by atoms with van der Waals surface area (Å²) in [4.78, 5) is 12.2. The van der Waals surface area contributed by atoms with Crippen LogP contribution in [-0.4, -0.2) is 11.9 Å². The van der Waals surface area contributed by atoms with E-state index >= 15 is 0 Å². The van der Waals surface area contributed by atoms with E-state index in [0.717, 1.165) is 25.7 Å². The number of nitrogens with two attached hydrogens (primary N) is 1. The fourth-order valence-electron chi connectivity index (χ4n) is 2.27. The number of hydrogen-bond donors (Lipinski definition) is 2. The number of halogens is 3. The summed E-state index contributed by atoms with van der Waals surface area (Å²) in [5, 5.41) is 3.92. The number of hydrogen-bond acceptors (Lipinski definition) is 2. The number of benzene rings is 1. The summed E-state index contributed by atoms with van der Waals surface area (Å²) in [6, 6.07) is 3.33. The molecule has 1 fully saturated rings. The van der Waals surface area contributed by atoms with Crippen molar-refractivity contribution in [2.24, 2.45) is 11.7 Å². The molecule has 0 spiro atoms. The van der Waals surface area contributed by atoms with Crippen LogP contribution in [0.2, 0.25) is 15.1 Å². The highest BCUT2D eigenvalue weighted by molar-refractivity contribution is 6.42. The lowest BCUT2D eigenvalue weighted by atomic mass is 9.86. The molecule has 1 saturated carbocycles. The number of anilines is 1. The summed E-state index contributed by atoms with van der Waals surface area (Å²) in [6.07, 6.45) is 3.35. The molecule has 1 aliphatic carbocycles. The molecule has 104 valence electrons. The molecule has 0 atom stereocenters. The van der Waals surface area contributed by atoms with Gasteiger partial charge in [0.05, 0.1) is 15.7 Å². The third-order valence-electron chi connectivity index (χ3n) is 3.40. The van der Waals surface area contributed by atoms with E-state index < -0.39 is 0 Å². The van der Waals surface area contributed by atoms with E-state index in [9.17, 15) is 4.79 Å². The monoisotopic (exact) mass is 320 g/mol. The maximum absolute atomic E-state index is 12.2. The van der Waals surface area contributed by atoms with Gasteiger partial charge >= 0.3 is 0 Å². The first kappa shape index (κ1) is 14.9. The van der Waals surface area contributed by atoms with Crippen molar-refractivity contribution in [1.82, 2.24) is 0 Å². The second kappa shape index (κ2) is 6.31. The van der Waals surface area contributed by atoms with Gasteiger partial charge in [-0.05, 0) is 37.8 Å². The van der Waals surface area contributed by atoms with Gasteiger partial charge in [0.15, 0.2) is 0 Å². The molecular weight excluding hydrogens is 307 g/mol. The van der Waals surface area contributed by atoms with Gasteiger partial charge in [-0.15, -0.1) is 0 Å². The Morgan fingerprint density at radius 2 is 1.63 bits per heavy atom. The highest BCUT2D eigenvalue weighted by Gasteiger charge is 2.25. The van der Waals surface area contributed by atoms with Crippen molar-refractivity contribution in [3.63, 3.8) is 0 Å². The zero-order valence-corrected chi connectivity index (χ0v) is 12.5. The van der Waals surface area contributed by atoms with Crippen molar-refractivity contribution in [3.05, 3.63) is 27.2 Å². The molecule has 1 aromatic carbocycles. The van der Waals surface area contributed by atoms with Gasteiger partial charge in [-0.3, -0.25) is 4.79 Å². The van der Waals surface area contributed by atoms with Crippen molar-refractivity contribution in [2.75, 3.05) is 5.32 Å². The number of amides is 1. The summed E-state index contributed by atoms with van der Waals surface area (Å²) < 4.78 is 0. The zero-order chi connectivity index (χ0) is 14.0. The van der Waals surface area contributed by atoms with Gasteiger partial charge in [-0.2, -0.15) is 0 Å². The summed E-state index contributed by atoms with van der Waals surface area (Å²) >= 11 is 17.9. The molecule has 1 aromatic rings. The third-order valence-corrected chi connectivity index (χ3v) is 4.21. The number of nitrogens with one attached hydrogen (secondary N) is 1. The molecule has 0 heterocycles. The average molecular weight is 322 g/mol. The molecule has 3 N–H and O–H groups in total. The van der Waals surface area contributed by atoms with Crippen molar-refractivity contribution >= 4 is 46.4 Å². The quantitative estimate of drug-likeness (QED) is 0.861. The first-order valence-electron chi connectivity index (χ1n) is 6.18. The lowest BCUT2D eigenvalue weighted by Gasteiger charge is -2.25. The highest BCUT2D eigenvalue weighted by Crippen LogP contribution is 2.34. The van der Waals surface area contributed by atoms with Crippen LogP contribution in [0.15, 0.2) is 12.1 Å². The topological polar surface area (TPSA) is 55.1 Å². The summed E-state index contributed by atoms with van der Waals surface area (Å²) in [7, 11) is 0.